The standard InChI is InChI=1S/C12H12O2S/c13-11(14)12(8-4-5-9-12)15-10-6-2-1-3-7-10/h1-7H,8-9H2,(H,13,14). The second-order valence-corrected chi connectivity index (χ2v) is 5.05. The molecule has 0 atom stereocenters. The highest BCUT2D eigenvalue weighted by Crippen LogP contribution is 2.42. The molecule has 0 bridgehead atoms. The summed E-state index contributed by atoms with van der Waals surface area (Å²) in [7, 11) is 0. The molecule has 0 heterocycles. The van der Waals surface area contributed by atoms with E-state index in [0.29, 0.717) is 12.8 Å². The monoisotopic (exact) mass is 220 g/mol. The van der Waals surface area contributed by atoms with Crippen LogP contribution in [-0.4, -0.2) is 15.8 Å². The van der Waals surface area contributed by atoms with Gasteiger partial charge in [0, 0.05) is 4.90 Å². The van der Waals surface area contributed by atoms with Crippen LogP contribution >= 0.6 is 11.8 Å². The first-order valence-corrected chi connectivity index (χ1v) is 5.67. The number of aliphatic carboxylic acids is 1. The van der Waals surface area contributed by atoms with Crippen LogP contribution in [-0.2, 0) is 4.79 Å². The highest BCUT2D eigenvalue weighted by atomic mass is 32.2. The molecule has 0 aliphatic heterocycles. The third kappa shape index (κ3) is 2.07. The third-order valence-electron chi connectivity index (χ3n) is 2.51. The zero-order chi connectivity index (χ0) is 10.7. The lowest BCUT2D eigenvalue weighted by molar-refractivity contribution is -0.139. The smallest absolute Gasteiger partial charge is 0.320 e. The van der Waals surface area contributed by atoms with Crippen molar-refractivity contribution in [2.75, 3.05) is 0 Å². The van der Waals surface area contributed by atoms with Crippen molar-refractivity contribution in [1.82, 2.24) is 0 Å². The van der Waals surface area contributed by atoms with Crippen LogP contribution < -0.4 is 0 Å². The Kier molecular flexibility index (Phi) is 2.82. The summed E-state index contributed by atoms with van der Waals surface area (Å²) >= 11 is 1.44. The molecule has 78 valence electrons. The topological polar surface area (TPSA) is 37.3 Å². The van der Waals surface area contributed by atoms with Crippen molar-refractivity contribution in [2.24, 2.45) is 0 Å². The van der Waals surface area contributed by atoms with Crippen LogP contribution in [0.25, 0.3) is 0 Å². The molecule has 0 saturated heterocycles. The first-order valence-electron chi connectivity index (χ1n) is 4.85. The molecule has 2 rings (SSSR count). The van der Waals surface area contributed by atoms with Crippen molar-refractivity contribution in [2.45, 2.75) is 22.5 Å². The van der Waals surface area contributed by atoms with Crippen LogP contribution in [0.5, 0.6) is 0 Å². The van der Waals surface area contributed by atoms with Crippen LogP contribution in [0.1, 0.15) is 12.8 Å². The Morgan fingerprint density at radius 1 is 1.20 bits per heavy atom. The summed E-state index contributed by atoms with van der Waals surface area (Å²) in [6, 6.07) is 9.70. The van der Waals surface area contributed by atoms with Gasteiger partial charge in [0.25, 0.3) is 0 Å². The number of carbonyl (C=O) groups is 1. The fourth-order valence-corrected chi connectivity index (χ4v) is 2.84. The molecule has 0 aromatic heterocycles. The van der Waals surface area contributed by atoms with Crippen molar-refractivity contribution >= 4 is 17.7 Å². The van der Waals surface area contributed by atoms with E-state index in [4.69, 9.17) is 0 Å². The molecular weight excluding hydrogens is 208 g/mol. The Hall–Kier alpha value is -1.22. The summed E-state index contributed by atoms with van der Waals surface area (Å²) < 4.78 is -0.679. The molecule has 3 heteroatoms. The number of rotatable bonds is 3. The number of carboxylic acids is 1. The van der Waals surface area contributed by atoms with Gasteiger partial charge >= 0.3 is 5.97 Å². The van der Waals surface area contributed by atoms with Crippen LogP contribution in [0.4, 0.5) is 0 Å². The number of thioether (sulfide) groups is 1. The van der Waals surface area contributed by atoms with Gasteiger partial charge in [-0.1, -0.05) is 30.4 Å². The number of hydrogen-bond acceptors (Lipinski definition) is 2. The predicted octanol–water partition coefficient (Wildman–Crippen LogP) is 2.95. The molecule has 1 aromatic rings. The Bertz CT molecular complexity index is 376. The fraction of sp³-hybridized carbons (Fsp3) is 0.250. The zero-order valence-electron chi connectivity index (χ0n) is 8.22. The van der Waals surface area contributed by atoms with E-state index in [1.807, 2.05) is 42.5 Å². The summed E-state index contributed by atoms with van der Waals surface area (Å²) in [6.07, 6.45) is 5.12. The fourth-order valence-electron chi connectivity index (χ4n) is 1.65. The number of carboxylic acid groups (broad SMARTS) is 1. The van der Waals surface area contributed by atoms with Crippen molar-refractivity contribution in [1.29, 1.82) is 0 Å². The minimum Gasteiger partial charge on any atom is -0.480 e. The van der Waals surface area contributed by atoms with E-state index in [2.05, 4.69) is 0 Å². The molecule has 1 aliphatic carbocycles. The Morgan fingerprint density at radius 2 is 1.80 bits per heavy atom. The van der Waals surface area contributed by atoms with E-state index in [-0.39, 0.29) is 0 Å². The van der Waals surface area contributed by atoms with Gasteiger partial charge in [0.15, 0.2) is 0 Å². The molecule has 1 N–H and O–H groups in total. The normalized spacial score (nSPS) is 17.9. The highest BCUT2D eigenvalue weighted by Gasteiger charge is 2.39. The maximum atomic E-state index is 11.3. The van der Waals surface area contributed by atoms with E-state index in [9.17, 15) is 9.90 Å². The van der Waals surface area contributed by atoms with Crippen molar-refractivity contribution in [3.63, 3.8) is 0 Å². The lowest BCUT2D eigenvalue weighted by atomic mass is 10.1. The lowest BCUT2D eigenvalue weighted by Gasteiger charge is -2.22. The molecule has 2 nitrogen and oxygen atoms in total. The molecule has 0 unspecified atom stereocenters. The minimum absolute atomic E-state index is 0.613. The quantitative estimate of drug-likeness (QED) is 0.796. The van der Waals surface area contributed by atoms with Crippen LogP contribution in [0.2, 0.25) is 0 Å². The first kappa shape index (κ1) is 10.3. The number of hydrogen-bond donors (Lipinski definition) is 1. The Morgan fingerprint density at radius 3 is 2.33 bits per heavy atom. The lowest BCUT2D eigenvalue weighted by Crippen LogP contribution is -2.31. The van der Waals surface area contributed by atoms with Gasteiger partial charge in [-0.25, -0.2) is 0 Å². The van der Waals surface area contributed by atoms with Gasteiger partial charge in [-0.2, -0.15) is 0 Å². The summed E-state index contributed by atoms with van der Waals surface area (Å²) in [5.41, 5.74) is 0. The SMILES string of the molecule is O=C(O)C1(Sc2ccccc2)CC=CC1. The van der Waals surface area contributed by atoms with Crippen molar-refractivity contribution < 1.29 is 9.90 Å². The number of benzene rings is 1. The number of allylic oxidation sites excluding steroid dienone is 2. The van der Waals surface area contributed by atoms with Gasteiger partial charge in [0.05, 0.1) is 0 Å². The second kappa shape index (κ2) is 4.11. The highest BCUT2D eigenvalue weighted by molar-refractivity contribution is 8.01. The molecule has 0 spiro atoms. The maximum absolute atomic E-state index is 11.3. The van der Waals surface area contributed by atoms with Crippen LogP contribution in [0, 0.1) is 0 Å². The second-order valence-electron chi connectivity index (χ2n) is 3.59. The average molecular weight is 220 g/mol. The molecular formula is C12H12O2S. The van der Waals surface area contributed by atoms with Gasteiger partial charge < -0.3 is 5.11 Å². The van der Waals surface area contributed by atoms with Crippen molar-refractivity contribution in [3.8, 4) is 0 Å². The molecule has 15 heavy (non-hydrogen) atoms. The zero-order valence-corrected chi connectivity index (χ0v) is 9.04. The Labute approximate surface area is 93.0 Å². The van der Waals surface area contributed by atoms with Crippen molar-refractivity contribution in [3.05, 3.63) is 42.5 Å². The molecule has 0 amide bonds. The molecule has 0 radical (unpaired) electrons. The third-order valence-corrected chi connectivity index (χ3v) is 3.91. The van der Waals surface area contributed by atoms with E-state index >= 15 is 0 Å². The predicted molar refractivity (Wildman–Crippen MR) is 61.0 cm³/mol. The molecule has 1 aliphatic rings. The van der Waals surface area contributed by atoms with Gasteiger partial charge in [-0.05, 0) is 25.0 Å². The van der Waals surface area contributed by atoms with Crippen LogP contribution in [0.3, 0.4) is 0 Å². The largest absolute Gasteiger partial charge is 0.480 e. The van der Waals surface area contributed by atoms with Crippen LogP contribution in [0.15, 0.2) is 47.4 Å². The van der Waals surface area contributed by atoms with Gasteiger partial charge in [0.2, 0.25) is 0 Å². The van der Waals surface area contributed by atoms with E-state index in [1.165, 1.54) is 11.8 Å². The summed E-state index contributed by atoms with van der Waals surface area (Å²) in [5, 5.41) is 9.26. The average Bonchev–Trinajstić information content (AvgIpc) is 2.69. The summed E-state index contributed by atoms with van der Waals surface area (Å²) in [5.74, 6) is -0.721. The van der Waals surface area contributed by atoms with Gasteiger partial charge in [0.1, 0.15) is 4.75 Å². The van der Waals surface area contributed by atoms with Gasteiger partial charge in [-0.15, -0.1) is 11.8 Å². The molecule has 1 aromatic carbocycles. The maximum Gasteiger partial charge on any atom is 0.320 e. The summed E-state index contributed by atoms with van der Waals surface area (Å²) in [4.78, 5) is 12.3. The first-order chi connectivity index (χ1) is 7.23. The van der Waals surface area contributed by atoms with Gasteiger partial charge in [-0.3, -0.25) is 4.79 Å². The minimum atomic E-state index is -0.721. The molecule has 0 fully saturated rings. The van der Waals surface area contributed by atoms with E-state index < -0.39 is 10.7 Å². The molecule has 0 saturated carbocycles. The van der Waals surface area contributed by atoms with E-state index in [1.54, 1.807) is 0 Å². The summed E-state index contributed by atoms with van der Waals surface area (Å²) in [6.45, 7) is 0. The van der Waals surface area contributed by atoms with E-state index in [0.717, 1.165) is 4.90 Å². The Balaban J connectivity index is 2.19.